The van der Waals surface area contributed by atoms with Crippen molar-refractivity contribution < 1.29 is 14.7 Å². The molecule has 1 unspecified atom stereocenters. The predicted octanol–water partition coefficient (Wildman–Crippen LogP) is 3.36. The summed E-state index contributed by atoms with van der Waals surface area (Å²) >= 11 is 0. The van der Waals surface area contributed by atoms with Gasteiger partial charge in [-0.05, 0) is 43.7 Å². The quantitative estimate of drug-likeness (QED) is 0.513. The maximum absolute atomic E-state index is 11.4. The molecule has 1 N–H and O–H groups in total. The summed E-state index contributed by atoms with van der Waals surface area (Å²) in [5, 5.41) is 12.5. The van der Waals surface area contributed by atoms with Crippen molar-refractivity contribution in [1.82, 2.24) is 0 Å². The SMILES string of the molecule is CCOC(=O)Cc1ccc(CC2CCCC/C2=N/O)cc1. The molecule has 114 valence electrons. The average Bonchev–Trinajstić information content (AvgIpc) is 2.50. The van der Waals surface area contributed by atoms with Crippen LogP contribution in [0.15, 0.2) is 29.4 Å². The number of oxime groups is 1. The van der Waals surface area contributed by atoms with Crippen LogP contribution in [0.5, 0.6) is 0 Å². The van der Waals surface area contributed by atoms with Gasteiger partial charge in [-0.1, -0.05) is 35.8 Å². The lowest BCUT2D eigenvalue weighted by molar-refractivity contribution is -0.142. The van der Waals surface area contributed by atoms with Crippen LogP contribution in [0.4, 0.5) is 0 Å². The van der Waals surface area contributed by atoms with Crippen molar-refractivity contribution in [2.45, 2.75) is 45.4 Å². The Morgan fingerprint density at radius 2 is 2.00 bits per heavy atom. The Kier molecular flexibility index (Phi) is 5.78. The molecule has 0 aliphatic heterocycles. The van der Waals surface area contributed by atoms with Crippen molar-refractivity contribution in [2.75, 3.05) is 6.61 Å². The summed E-state index contributed by atoms with van der Waals surface area (Å²) in [4.78, 5) is 11.4. The minimum absolute atomic E-state index is 0.188. The molecule has 0 amide bonds. The van der Waals surface area contributed by atoms with E-state index in [1.54, 1.807) is 0 Å². The smallest absolute Gasteiger partial charge is 0.310 e. The normalized spacial score (nSPS) is 20.4. The highest BCUT2D eigenvalue weighted by atomic mass is 16.5. The number of ether oxygens (including phenoxy) is 1. The van der Waals surface area contributed by atoms with Gasteiger partial charge in [-0.3, -0.25) is 4.79 Å². The van der Waals surface area contributed by atoms with E-state index in [0.29, 0.717) is 18.9 Å². The van der Waals surface area contributed by atoms with Gasteiger partial charge in [-0.2, -0.15) is 0 Å². The van der Waals surface area contributed by atoms with E-state index in [2.05, 4.69) is 17.3 Å². The van der Waals surface area contributed by atoms with Gasteiger partial charge in [0.2, 0.25) is 0 Å². The number of esters is 1. The minimum Gasteiger partial charge on any atom is -0.466 e. The molecule has 1 fully saturated rings. The van der Waals surface area contributed by atoms with E-state index in [1.165, 1.54) is 12.0 Å². The van der Waals surface area contributed by atoms with E-state index in [-0.39, 0.29) is 5.97 Å². The first-order chi connectivity index (χ1) is 10.2. The van der Waals surface area contributed by atoms with E-state index >= 15 is 0 Å². The molecular formula is C17H23NO3. The lowest BCUT2D eigenvalue weighted by atomic mass is 9.83. The molecule has 0 saturated heterocycles. The molecule has 1 aliphatic rings. The molecule has 1 atom stereocenters. The van der Waals surface area contributed by atoms with Crippen molar-refractivity contribution in [2.24, 2.45) is 11.1 Å². The van der Waals surface area contributed by atoms with Crippen LogP contribution in [0.25, 0.3) is 0 Å². The second-order valence-corrected chi connectivity index (χ2v) is 5.54. The van der Waals surface area contributed by atoms with E-state index in [0.717, 1.165) is 37.0 Å². The minimum atomic E-state index is -0.188. The molecule has 0 aromatic heterocycles. The van der Waals surface area contributed by atoms with E-state index < -0.39 is 0 Å². The summed E-state index contributed by atoms with van der Waals surface area (Å²) in [7, 11) is 0. The number of hydrogen-bond acceptors (Lipinski definition) is 4. The van der Waals surface area contributed by atoms with Crippen molar-refractivity contribution >= 4 is 11.7 Å². The Morgan fingerprint density at radius 3 is 2.67 bits per heavy atom. The van der Waals surface area contributed by atoms with Crippen molar-refractivity contribution in [3.8, 4) is 0 Å². The summed E-state index contributed by atoms with van der Waals surface area (Å²) in [6.07, 6.45) is 5.53. The molecule has 0 bridgehead atoms. The van der Waals surface area contributed by atoms with Crippen LogP contribution in [-0.2, 0) is 22.4 Å². The van der Waals surface area contributed by atoms with E-state index in [1.807, 2.05) is 19.1 Å². The highest BCUT2D eigenvalue weighted by Gasteiger charge is 2.21. The van der Waals surface area contributed by atoms with Crippen LogP contribution in [0.3, 0.4) is 0 Å². The second kappa shape index (κ2) is 7.81. The fourth-order valence-electron chi connectivity index (χ4n) is 2.88. The first kappa shape index (κ1) is 15.5. The standard InChI is InChI=1S/C17H23NO3/c1-2-21-17(19)12-14-9-7-13(8-10-14)11-15-5-3-4-6-16(15)18-20/h7-10,15,20H,2-6,11-12H2,1H3/b18-16-. The Bertz CT molecular complexity index is 493. The number of nitrogens with zero attached hydrogens (tertiary/aromatic N) is 1. The molecule has 0 radical (unpaired) electrons. The molecule has 0 heterocycles. The number of rotatable bonds is 5. The third kappa shape index (κ3) is 4.59. The van der Waals surface area contributed by atoms with Gasteiger partial charge in [0.1, 0.15) is 0 Å². The molecular weight excluding hydrogens is 266 g/mol. The molecule has 1 aromatic carbocycles. The van der Waals surface area contributed by atoms with Crippen LogP contribution in [-0.4, -0.2) is 23.5 Å². The summed E-state index contributed by atoms with van der Waals surface area (Å²) in [6.45, 7) is 2.23. The Labute approximate surface area is 125 Å². The van der Waals surface area contributed by atoms with Crippen molar-refractivity contribution in [1.29, 1.82) is 0 Å². The largest absolute Gasteiger partial charge is 0.466 e. The molecule has 4 nitrogen and oxygen atoms in total. The zero-order valence-corrected chi connectivity index (χ0v) is 12.5. The maximum atomic E-state index is 11.4. The summed E-state index contributed by atoms with van der Waals surface area (Å²) < 4.78 is 4.94. The lowest BCUT2D eigenvalue weighted by Gasteiger charge is -2.22. The monoisotopic (exact) mass is 289 g/mol. The van der Waals surface area contributed by atoms with Crippen LogP contribution in [0, 0.1) is 5.92 Å². The molecule has 2 rings (SSSR count). The van der Waals surface area contributed by atoms with Crippen LogP contribution in [0.2, 0.25) is 0 Å². The second-order valence-electron chi connectivity index (χ2n) is 5.54. The predicted molar refractivity (Wildman–Crippen MR) is 81.7 cm³/mol. The summed E-state index contributed by atoms with van der Waals surface area (Å²) in [6, 6.07) is 8.06. The van der Waals surface area contributed by atoms with Crippen LogP contribution >= 0.6 is 0 Å². The van der Waals surface area contributed by atoms with E-state index in [9.17, 15) is 4.79 Å². The lowest BCUT2D eigenvalue weighted by Crippen LogP contribution is -2.21. The third-order valence-corrected chi connectivity index (χ3v) is 3.99. The van der Waals surface area contributed by atoms with Crippen LogP contribution in [0.1, 0.15) is 43.7 Å². The summed E-state index contributed by atoms with van der Waals surface area (Å²) in [5.74, 6) is 0.159. The first-order valence-electron chi connectivity index (χ1n) is 7.67. The number of hydrogen-bond donors (Lipinski definition) is 1. The van der Waals surface area contributed by atoms with Gasteiger partial charge in [0.25, 0.3) is 0 Å². The molecule has 21 heavy (non-hydrogen) atoms. The van der Waals surface area contributed by atoms with Gasteiger partial charge >= 0.3 is 5.97 Å². The number of benzene rings is 1. The van der Waals surface area contributed by atoms with Gasteiger partial charge < -0.3 is 9.94 Å². The Balaban J connectivity index is 1.94. The van der Waals surface area contributed by atoms with Crippen LogP contribution < -0.4 is 0 Å². The highest BCUT2D eigenvalue weighted by molar-refractivity contribution is 5.87. The van der Waals surface area contributed by atoms with Gasteiger partial charge in [0, 0.05) is 5.92 Å². The fraction of sp³-hybridized carbons (Fsp3) is 0.529. The fourth-order valence-corrected chi connectivity index (χ4v) is 2.88. The topological polar surface area (TPSA) is 58.9 Å². The van der Waals surface area contributed by atoms with Crippen molar-refractivity contribution in [3.05, 3.63) is 35.4 Å². The van der Waals surface area contributed by atoms with Gasteiger partial charge in [0.15, 0.2) is 0 Å². The average molecular weight is 289 g/mol. The summed E-state index contributed by atoms with van der Waals surface area (Å²) in [5.41, 5.74) is 3.12. The zero-order chi connectivity index (χ0) is 15.1. The molecule has 4 heteroatoms. The van der Waals surface area contributed by atoms with Crippen molar-refractivity contribution in [3.63, 3.8) is 0 Å². The molecule has 1 aromatic rings. The Morgan fingerprint density at radius 1 is 1.29 bits per heavy atom. The van der Waals surface area contributed by atoms with E-state index in [4.69, 9.17) is 9.94 Å². The van der Waals surface area contributed by atoms with Gasteiger partial charge in [0.05, 0.1) is 18.7 Å². The molecule has 1 saturated carbocycles. The first-order valence-corrected chi connectivity index (χ1v) is 7.67. The third-order valence-electron chi connectivity index (χ3n) is 3.99. The molecule has 1 aliphatic carbocycles. The number of carbonyl (C=O) groups excluding carboxylic acids is 1. The Hall–Kier alpha value is -1.84. The number of carbonyl (C=O) groups is 1. The zero-order valence-electron chi connectivity index (χ0n) is 12.5. The molecule has 0 spiro atoms. The van der Waals surface area contributed by atoms with Gasteiger partial charge in [-0.15, -0.1) is 0 Å². The highest BCUT2D eigenvalue weighted by Crippen LogP contribution is 2.25. The maximum Gasteiger partial charge on any atom is 0.310 e. The van der Waals surface area contributed by atoms with Gasteiger partial charge in [-0.25, -0.2) is 0 Å².